The number of halogens is 2. The van der Waals surface area contributed by atoms with E-state index in [-0.39, 0.29) is 18.1 Å². The number of hydrogen-bond donors (Lipinski definition) is 1. The molecular formula is C32H31F2N3O4. The van der Waals surface area contributed by atoms with E-state index in [1.54, 1.807) is 33.5 Å². The van der Waals surface area contributed by atoms with Crippen molar-refractivity contribution in [3.05, 3.63) is 82.8 Å². The number of nitrogens with zero attached hydrogens (tertiary/aromatic N) is 3. The highest BCUT2D eigenvalue weighted by molar-refractivity contribution is 6.04. The zero-order chi connectivity index (χ0) is 28.7. The Morgan fingerprint density at radius 2 is 1.80 bits per heavy atom. The average molecular weight is 560 g/mol. The van der Waals surface area contributed by atoms with E-state index in [0.717, 1.165) is 12.1 Å². The number of aromatic nitrogens is 3. The quantitative estimate of drug-likeness (QED) is 0.232. The summed E-state index contributed by atoms with van der Waals surface area (Å²) in [5.41, 5.74) is 3.80. The zero-order valence-corrected chi connectivity index (χ0v) is 23.0. The molecule has 0 saturated carbocycles. The molecule has 3 heterocycles. The molecule has 5 aromatic rings. The minimum absolute atomic E-state index is 0.169. The molecule has 0 radical (unpaired) electrons. The lowest BCUT2D eigenvalue weighted by Crippen LogP contribution is -2.12. The third kappa shape index (κ3) is 4.74. The lowest BCUT2D eigenvalue weighted by Gasteiger charge is -2.12. The Morgan fingerprint density at radius 1 is 1.02 bits per heavy atom. The number of ether oxygens (including phenoxy) is 2. The maximum atomic E-state index is 15.8. The lowest BCUT2D eigenvalue weighted by molar-refractivity contribution is 0.0683. The molecule has 0 unspecified atom stereocenters. The van der Waals surface area contributed by atoms with Crippen LogP contribution in [0.3, 0.4) is 0 Å². The van der Waals surface area contributed by atoms with Crippen LogP contribution in [0.5, 0.6) is 5.75 Å². The summed E-state index contributed by atoms with van der Waals surface area (Å²) >= 11 is 0. The molecule has 1 aliphatic rings. The first kappa shape index (κ1) is 27.0. The molecule has 2 aromatic heterocycles. The van der Waals surface area contributed by atoms with Gasteiger partial charge in [-0.2, -0.15) is 5.10 Å². The summed E-state index contributed by atoms with van der Waals surface area (Å²) in [6.45, 7) is 3.36. The predicted octanol–water partition coefficient (Wildman–Crippen LogP) is 6.80. The van der Waals surface area contributed by atoms with Crippen LogP contribution in [0.15, 0.2) is 48.5 Å². The van der Waals surface area contributed by atoms with Crippen LogP contribution in [-0.2, 0) is 31.4 Å². The first-order valence-corrected chi connectivity index (χ1v) is 13.8. The molecule has 0 bridgehead atoms. The molecule has 0 fully saturated rings. The van der Waals surface area contributed by atoms with E-state index in [0.29, 0.717) is 88.8 Å². The van der Waals surface area contributed by atoms with Crippen LogP contribution >= 0.6 is 0 Å². The second kappa shape index (κ2) is 11.0. The highest BCUT2D eigenvalue weighted by atomic mass is 19.1. The van der Waals surface area contributed by atoms with Crippen LogP contribution in [0.2, 0.25) is 0 Å². The van der Waals surface area contributed by atoms with Crippen molar-refractivity contribution >= 4 is 27.6 Å². The normalized spacial score (nSPS) is 13.8. The molecule has 0 amide bonds. The van der Waals surface area contributed by atoms with E-state index >= 15 is 4.39 Å². The van der Waals surface area contributed by atoms with Gasteiger partial charge in [0, 0.05) is 53.2 Å². The van der Waals surface area contributed by atoms with Crippen LogP contribution < -0.4 is 4.74 Å². The zero-order valence-electron chi connectivity index (χ0n) is 23.0. The molecule has 0 saturated heterocycles. The Labute approximate surface area is 235 Å². The van der Waals surface area contributed by atoms with Gasteiger partial charge in [-0.3, -0.25) is 4.68 Å². The van der Waals surface area contributed by atoms with E-state index in [4.69, 9.17) is 9.47 Å². The Bertz CT molecular complexity index is 1790. The maximum Gasteiger partial charge on any atom is 0.352 e. The first-order valence-electron chi connectivity index (χ1n) is 13.8. The summed E-state index contributed by atoms with van der Waals surface area (Å²) in [7, 11) is 1.81. The Morgan fingerprint density at radius 3 is 2.61 bits per heavy atom. The molecule has 0 aliphatic carbocycles. The van der Waals surface area contributed by atoms with Gasteiger partial charge in [0.25, 0.3) is 0 Å². The van der Waals surface area contributed by atoms with Crippen molar-refractivity contribution in [3.63, 3.8) is 0 Å². The molecule has 7 nitrogen and oxygen atoms in total. The Balaban J connectivity index is 1.41. The molecule has 1 aliphatic heterocycles. The van der Waals surface area contributed by atoms with Crippen LogP contribution in [-0.4, -0.2) is 38.6 Å². The molecule has 1 N–H and O–H groups in total. The van der Waals surface area contributed by atoms with Gasteiger partial charge < -0.3 is 19.1 Å². The van der Waals surface area contributed by atoms with Crippen LogP contribution in [0, 0.1) is 18.6 Å². The Kier molecular flexibility index (Phi) is 7.21. The van der Waals surface area contributed by atoms with E-state index in [1.807, 2.05) is 26.1 Å². The molecule has 3 aromatic carbocycles. The van der Waals surface area contributed by atoms with Gasteiger partial charge in [-0.15, -0.1) is 0 Å². The summed E-state index contributed by atoms with van der Waals surface area (Å²) in [6, 6.07) is 13.2. The summed E-state index contributed by atoms with van der Waals surface area (Å²) < 4.78 is 45.4. The van der Waals surface area contributed by atoms with Gasteiger partial charge in [-0.25, -0.2) is 13.6 Å². The molecule has 0 spiro atoms. The maximum absolute atomic E-state index is 15.8. The topological polar surface area (TPSA) is 78.5 Å². The summed E-state index contributed by atoms with van der Waals surface area (Å²) in [4.78, 5) is 12.7. The lowest BCUT2D eigenvalue weighted by atomic mass is 9.97. The standard InChI is InChI=1S/C32H31F2N3O4/c1-19-28-26(35-36(19)2)18-40-16-6-5-15-37-30-23(11-12-25(34)29(28)30)22(31(37)32(38)39)10-7-17-41-27-14-13-24(33)20-8-3-4-9-21(20)27/h3-4,8-9,11-14H,5-7,10,15-18H2,1-2H3,(H,38,39). The minimum Gasteiger partial charge on any atom is -0.493 e. The van der Waals surface area contributed by atoms with Crippen molar-refractivity contribution in [2.45, 2.75) is 45.8 Å². The van der Waals surface area contributed by atoms with Crippen molar-refractivity contribution in [3.8, 4) is 16.9 Å². The number of aryl methyl sites for hydroxylation is 3. The summed E-state index contributed by atoms with van der Waals surface area (Å²) in [6.07, 6.45) is 2.35. The second-order valence-corrected chi connectivity index (χ2v) is 10.4. The van der Waals surface area contributed by atoms with E-state index in [1.165, 1.54) is 12.1 Å². The fourth-order valence-electron chi connectivity index (χ4n) is 5.99. The van der Waals surface area contributed by atoms with Gasteiger partial charge in [0.1, 0.15) is 23.1 Å². The van der Waals surface area contributed by atoms with Gasteiger partial charge in [-0.1, -0.05) is 24.3 Å². The van der Waals surface area contributed by atoms with Crippen molar-refractivity contribution in [2.75, 3.05) is 13.2 Å². The monoisotopic (exact) mass is 559 g/mol. The van der Waals surface area contributed by atoms with Gasteiger partial charge in [0.15, 0.2) is 0 Å². The van der Waals surface area contributed by atoms with E-state index in [9.17, 15) is 14.3 Å². The van der Waals surface area contributed by atoms with Crippen molar-refractivity contribution in [1.82, 2.24) is 14.3 Å². The fourth-order valence-corrected chi connectivity index (χ4v) is 5.99. The number of carbonyl (C=O) groups is 1. The summed E-state index contributed by atoms with van der Waals surface area (Å²) in [5.74, 6) is -1.22. The Hall–Kier alpha value is -4.24. The molecule has 6 rings (SSSR count). The van der Waals surface area contributed by atoms with Gasteiger partial charge >= 0.3 is 5.97 Å². The molecule has 9 heteroatoms. The average Bonchev–Trinajstić information content (AvgIpc) is 3.41. The van der Waals surface area contributed by atoms with Crippen molar-refractivity contribution < 1.29 is 28.2 Å². The number of hydrogen-bond acceptors (Lipinski definition) is 4. The highest BCUT2D eigenvalue weighted by Crippen LogP contribution is 2.40. The number of aromatic carboxylic acids is 1. The third-order valence-corrected chi connectivity index (χ3v) is 7.96. The number of fused-ring (bicyclic) bond motifs is 3. The molecule has 212 valence electrons. The van der Waals surface area contributed by atoms with Crippen LogP contribution in [0.1, 0.15) is 46.7 Å². The van der Waals surface area contributed by atoms with E-state index < -0.39 is 11.8 Å². The smallest absolute Gasteiger partial charge is 0.352 e. The van der Waals surface area contributed by atoms with Crippen molar-refractivity contribution in [2.24, 2.45) is 7.05 Å². The number of rotatable bonds is 6. The number of benzene rings is 3. The third-order valence-electron chi connectivity index (χ3n) is 7.96. The predicted molar refractivity (Wildman–Crippen MR) is 152 cm³/mol. The minimum atomic E-state index is -1.05. The van der Waals surface area contributed by atoms with Gasteiger partial charge in [0.05, 0.1) is 24.4 Å². The second-order valence-electron chi connectivity index (χ2n) is 10.4. The van der Waals surface area contributed by atoms with Crippen molar-refractivity contribution in [1.29, 1.82) is 0 Å². The SMILES string of the molecule is Cc1c2c(nn1C)COCCCCn1c(C(=O)O)c(CCCOc3ccc(F)c4ccccc34)c3ccc(F)c-2c31. The largest absolute Gasteiger partial charge is 0.493 e. The molecule has 0 atom stereocenters. The van der Waals surface area contributed by atoms with Crippen LogP contribution in [0.25, 0.3) is 32.8 Å². The fraction of sp³-hybridized carbons (Fsp3) is 0.312. The molecular weight excluding hydrogens is 528 g/mol. The number of carboxylic acids is 1. The van der Waals surface area contributed by atoms with Gasteiger partial charge in [0.2, 0.25) is 0 Å². The van der Waals surface area contributed by atoms with E-state index in [2.05, 4.69) is 5.10 Å². The summed E-state index contributed by atoms with van der Waals surface area (Å²) in [5, 5.41) is 16.9. The number of carboxylic acid groups (broad SMARTS) is 1. The highest BCUT2D eigenvalue weighted by Gasteiger charge is 2.29. The van der Waals surface area contributed by atoms with Crippen LogP contribution in [0.4, 0.5) is 8.78 Å². The first-order chi connectivity index (χ1) is 19.9. The van der Waals surface area contributed by atoms with Gasteiger partial charge in [-0.05, 0) is 62.4 Å². The molecule has 41 heavy (non-hydrogen) atoms.